The van der Waals surface area contributed by atoms with Gasteiger partial charge in [0, 0.05) is 18.3 Å². The molecule has 1 aromatic heterocycles. The lowest BCUT2D eigenvalue weighted by Crippen LogP contribution is -2.29. The lowest BCUT2D eigenvalue weighted by atomic mass is 10.2. The van der Waals surface area contributed by atoms with Crippen LogP contribution in [-0.4, -0.2) is 24.1 Å². The second kappa shape index (κ2) is 4.83. The molecule has 1 heterocycles. The van der Waals surface area contributed by atoms with Crippen molar-refractivity contribution in [3.05, 3.63) is 23.4 Å². The van der Waals surface area contributed by atoms with Crippen molar-refractivity contribution in [2.75, 3.05) is 18.0 Å². The highest BCUT2D eigenvalue weighted by molar-refractivity contribution is 5.44. The Kier molecular flexibility index (Phi) is 3.44. The molecular weight excluding hydrogens is 198 g/mol. The quantitative estimate of drug-likeness (QED) is 0.823. The van der Waals surface area contributed by atoms with E-state index in [9.17, 15) is 0 Å². The molecule has 0 aliphatic heterocycles. The molecule has 1 aromatic rings. The molecule has 0 radical (unpaired) electrons. The van der Waals surface area contributed by atoms with Gasteiger partial charge < -0.3 is 10.6 Å². The van der Waals surface area contributed by atoms with Gasteiger partial charge in [-0.1, -0.05) is 0 Å². The van der Waals surface area contributed by atoms with Gasteiger partial charge in [-0.2, -0.15) is 0 Å². The van der Waals surface area contributed by atoms with Gasteiger partial charge in [0.25, 0.3) is 0 Å². The zero-order valence-corrected chi connectivity index (χ0v) is 10.2. The molecule has 0 unspecified atom stereocenters. The van der Waals surface area contributed by atoms with Gasteiger partial charge in [0.05, 0.1) is 0 Å². The first-order valence-corrected chi connectivity index (χ1v) is 6.12. The van der Waals surface area contributed by atoms with Crippen molar-refractivity contribution in [2.45, 2.75) is 39.2 Å². The van der Waals surface area contributed by atoms with Gasteiger partial charge in [-0.25, -0.2) is 4.98 Å². The minimum atomic E-state index is 0.709. The smallest absolute Gasteiger partial charge is 0.129 e. The maximum atomic E-state index is 5.59. The summed E-state index contributed by atoms with van der Waals surface area (Å²) in [5, 5.41) is 0. The van der Waals surface area contributed by atoms with Crippen molar-refractivity contribution in [1.82, 2.24) is 4.98 Å². The Hall–Kier alpha value is -1.09. The van der Waals surface area contributed by atoms with Gasteiger partial charge in [-0.05, 0) is 57.4 Å². The number of rotatable bonds is 5. The zero-order chi connectivity index (χ0) is 11.5. The summed E-state index contributed by atoms with van der Waals surface area (Å²) in [6.45, 7) is 5.99. The third-order valence-electron chi connectivity index (χ3n) is 2.97. The molecule has 16 heavy (non-hydrogen) atoms. The van der Waals surface area contributed by atoms with Crippen LogP contribution >= 0.6 is 0 Å². The van der Waals surface area contributed by atoms with Crippen LogP contribution in [0.2, 0.25) is 0 Å². The lowest BCUT2D eigenvalue weighted by molar-refractivity contribution is 0.721. The maximum Gasteiger partial charge on any atom is 0.129 e. The average molecular weight is 219 g/mol. The van der Waals surface area contributed by atoms with E-state index in [1.165, 1.54) is 18.4 Å². The number of pyridine rings is 1. The Morgan fingerprint density at radius 2 is 2.12 bits per heavy atom. The molecule has 88 valence electrons. The Labute approximate surface area is 97.7 Å². The first-order chi connectivity index (χ1) is 7.70. The van der Waals surface area contributed by atoms with Crippen LogP contribution in [0.1, 0.15) is 30.5 Å². The molecule has 3 nitrogen and oxygen atoms in total. The van der Waals surface area contributed by atoms with Crippen LogP contribution in [0.15, 0.2) is 12.1 Å². The Morgan fingerprint density at radius 3 is 2.69 bits per heavy atom. The van der Waals surface area contributed by atoms with Crippen LogP contribution in [-0.2, 0) is 0 Å². The predicted octanol–water partition coefficient (Wildman–Crippen LogP) is 2.02. The number of hydrogen-bond donors (Lipinski definition) is 1. The number of aryl methyl sites for hydroxylation is 2. The minimum absolute atomic E-state index is 0.709. The van der Waals surface area contributed by atoms with E-state index in [4.69, 9.17) is 5.73 Å². The van der Waals surface area contributed by atoms with Crippen LogP contribution in [0.5, 0.6) is 0 Å². The average Bonchev–Trinajstić information content (AvgIpc) is 3.01. The van der Waals surface area contributed by atoms with Crippen molar-refractivity contribution in [3.8, 4) is 0 Å². The van der Waals surface area contributed by atoms with Crippen LogP contribution in [0.25, 0.3) is 0 Å². The molecule has 1 aliphatic carbocycles. The van der Waals surface area contributed by atoms with Crippen molar-refractivity contribution in [2.24, 2.45) is 5.73 Å². The molecule has 0 spiro atoms. The largest absolute Gasteiger partial charge is 0.354 e. The zero-order valence-electron chi connectivity index (χ0n) is 10.2. The molecule has 2 N–H and O–H groups in total. The highest BCUT2D eigenvalue weighted by atomic mass is 15.2. The second-order valence-corrected chi connectivity index (χ2v) is 4.71. The van der Waals surface area contributed by atoms with Gasteiger partial charge in [0.1, 0.15) is 5.82 Å². The standard InChI is InChI=1S/C13H21N3/c1-10-8-11(2)15-13(9-10)16(7-3-6-14)12-4-5-12/h8-9,12H,3-7,14H2,1-2H3. The molecule has 1 aliphatic rings. The molecule has 1 fully saturated rings. The third-order valence-corrected chi connectivity index (χ3v) is 2.97. The van der Waals surface area contributed by atoms with E-state index < -0.39 is 0 Å². The summed E-state index contributed by atoms with van der Waals surface area (Å²) < 4.78 is 0. The second-order valence-electron chi connectivity index (χ2n) is 4.71. The summed E-state index contributed by atoms with van der Waals surface area (Å²) in [5.41, 5.74) is 7.99. The molecule has 0 aromatic carbocycles. The fourth-order valence-electron chi connectivity index (χ4n) is 2.10. The van der Waals surface area contributed by atoms with Gasteiger partial charge in [0.2, 0.25) is 0 Å². The van der Waals surface area contributed by atoms with E-state index >= 15 is 0 Å². The van der Waals surface area contributed by atoms with E-state index in [0.717, 1.165) is 31.0 Å². The first-order valence-electron chi connectivity index (χ1n) is 6.12. The summed E-state index contributed by atoms with van der Waals surface area (Å²) in [7, 11) is 0. The van der Waals surface area contributed by atoms with E-state index in [2.05, 4.69) is 35.9 Å². The van der Waals surface area contributed by atoms with Crippen LogP contribution in [0, 0.1) is 13.8 Å². The highest BCUT2D eigenvalue weighted by Crippen LogP contribution is 2.31. The minimum Gasteiger partial charge on any atom is -0.354 e. The molecular formula is C13H21N3. The summed E-state index contributed by atoms with van der Waals surface area (Å²) in [5.74, 6) is 1.13. The number of nitrogens with zero attached hydrogens (tertiary/aromatic N) is 2. The summed E-state index contributed by atoms with van der Waals surface area (Å²) in [4.78, 5) is 7.06. The SMILES string of the molecule is Cc1cc(C)nc(N(CCCN)C2CC2)c1. The summed E-state index contributed by atoms with van der Waals surface area (Å²) in [6.07, 6.45) is 3.66. The molecule has 2 rings (SSSR count). The van der Waals surface area contributed by atoms with Crippen molar-refractivity contribution >= 4 is 5.82 Å². The highest BCUT2D eigenvalue weighted by Gasteiger charge is 2.29. The van der Waals surface area contributed by atoms with E-state index in [1.807, 2.05) is 0 Å². The van der Waals surface area contributed by atoms with Gasteiger partial charge >= 0.3 is 0 Å². The van der Waals surface area contributed by atoms with Crippen molar-refractivity contribution < 1.29 is 0 Å². The van der Waals surface area contributed by atoms with Gasteiger partial charge in [0.15, 0.2) is 0 Å². The Balaban J connectivity index is 2.16. The van der Waals surface area contributed by atoms with Crippen LogP contribution in [0.3, 0.4) is 0 Å². The Morgan fingerprint density at radius 1 is 1.38 bits per heavy atom. The predicted molar refractivity (Wildman–Crippen MR) is 67.8 cm³/mol. The summed E-state index contributed by atoms with van der Waals surface area (Å²) in [6, 6.07) is 5.01. The fraction of sp³-hybridized carbons (Fsp3) is 0.615. The monoisotopic (exact) mass is 219 g/mol. The summed E-state index contributed by atoms with van der Waals surface area (Å²) >= 11 is 0. The number of aromatic nitrogens is 1. The number of hydrogen-bond acceptors (Lipinski definition) is 3. The third kappa shape index (κ3) is 2.73. The van der Waals surface area contributed by atoms with Gasteiger partial charge in [-0.15, -0.1) is 0 Å². The maximum absolute atomic E-state index is 5.59. The van der Waals surface area contributed by atoms with E-state index in [0.29, 0.717) is 6.04 Å². The molecule has 0 saturated heterocycles. The molecule has 0 amide bonds. The lowest BCUT2D eigenvalue weighted by Gasteiger charge is -2.24. The van der Waals surface area contributed by atoms with Gasteiger partial charge in [-0.3, -0.25) is 0 Å². The van der Waals surface area contributed by atoms with Crippen LogP contribution in [0.4, 0.5) is 5.82 Å². The number of nitrogens with two attached hydrogens (primary N) is 1. The van der Waals surface area contributed by atoms with Crippen molar-refractivity contribution in [3.63, 3.8) is 0 Å². The molecule has 0 atom stereocenters. The molecule has 0 bridgehead atoms. The van der Waals surface area contributed by atoms with Crippen LogP contribution < -0.4 is 10.6 Å². The molecule has 3 heteroatoms. The topological polar surface area (TPSA) is 42.2 Å². The van der Waals surface area contributed by atoms with E-state index in [-0.39, 0.29) is 0 Å². The fourth-order valence-corrected chi connectivity index (χ4v) is 2.10. The number of anilines is 1. The molecule has 1 saturated carbocycles. The normalized spacial score (nSPS) is 15.2. The first kappa shape index (κ1) is 11.4. The van der Waals surface area contributed by atoms with E-state index in [1.54, 1.807) is 0 Å². The Bertz CT molecular complexity index is 338. The van der Waals surface area contributed by atoms with Crippen molar-refractivity contribution in [1.29, 1.82) is 0 Å².